The molecule has 2 heteroatoms. The molecule has 1 saturated heterocycles. The zero-order valence-electron chi connectivity index (χ0n) is 10.6. The Morgan fingerprint density at radius 3 is 2.56 bits per heavy atom. The molecule has 0 amide bonds. The molecule has 0 bridgehead atoms. The SMILES string of the molecule is CC1(C)OC(=O)C[C@@H]1c1cccc2ccccc12. The first kappa shape index (κ1) is 11.3. The van der Waals surface area contributed by atoms with Crippen LogP contribution in [0.1, 0.15) is 31.7 Å². The summed E-state index contributed by atoms with van der Waals surface area (Å²) in [4.78, 5) is 11.6. The quantitative estimate of drug-likeness (QED) is 0.711. The van der Waals surface area contributed by atoms with Gasteiger partial charge in [0.05, 0.1) is 6.42 Å². The summed E-state index contributed by atoms with van der Waals surface area (Å²) in [6, 6.07) is 14.5. The van der Waals surface area contributed by atoms with E-state index >= 15 is 0 Å². The molecule has 92 valence electrons. The average Bonchev–Trinajstić information content (AvgIpc) is 2.61. The maximum atomic E-state index is 11.6. The molecule has 0 saturated carbocycles. The van der Waals surface area contributed by atoms with E-state index in [-0.39, 0.29) is 11.9 Å². The van der Waals surface area contributed by atoms with Gasteiger partial charge in [0.15, 0.2) is 0 Å². The van der Waals surface area contributed by atoms with Gasteiger partial charge in [-0.05, 0) is 30.2 Å². The minimum absolute atomic E-state index is 0.0991. The molecule has 1 aliphatic rings. The molecule has 0 N–H and O–H groups in total. The van der Waals surface area contributed by atoms with Gasteiger partial charge in [0.2, 0.25) is 0 Å². The van der Waals surface area contributed by atoms with Crippen molar-refractivity contribution in [1.82, 2.24) is 0 Å². The molecule has 1 atom stereocenters. The first-order valence-electron chi connectivity index (χ1n) is 6.27. The van der Waals surface area contributed by atoms with Crippen molar-refractivity contribution in [2.75, 3.05) is 0 Å². The number of hydrogen-bond acceptors (Lipinski definition) is 2. The lowest BCUT2D eigenvalue weighted by Crippen LogP contribution is -2.25. The van der Waals surface area contributed by atoms with Crippen LogP contribution in [0.5, 0.6) is 0 Å². The lowest BCUT2D eigenvalue weighted by atomic mass is 9.82. The summed E-state index contributed by atoms with van der Waals surface area (Å²) >= 11 is 0. The molecule has 2 aromatic carbocycles. The Bertz CT molecular complexity index is 608. The molecular weight excluding hydrogens is 224 g/mol. The van der Waals surface area contributed by atoms with Gasteiger partial charge in [-0.1, -0.05) is 42.5 Å². The lowest BCUT2D eigenvalue weighted by molar-refractivity contribution is -0.146. The van der Waals surface area contributed by atoms with Crippen LogP contribution in [0.15, 0.2) is 42.5 Å². The number of esters is 1. The van der Waals surface area contributed by atoms with Crippen LogP contribution in [-0.4, -0.2) is 11.6 Å². The first-order chi connectivity index (χ1) is 8.58. The Morgan fingerprint density at radius 1 is 1.11 bits per heavy atom. The summed E-state index contributed by atoms with van der Waals surface area (Å²) in [7, 11) is 0. The molecule has 1 heterocycles. The van der Waals surface area contributed by atoms with Gasteiger partial charge in [-0.15, -0.1) is 0 Å². The highest BCUT2D eigenvalue weighted by molar-refractivity contribution is 5.87. The smallest absolute Gasteiger partial charge is 0.307 e. The second-order valence-electron chi connectivity index (χ2n) is 5.40. The van der Waals surface area contributed by atoms with E-state index < -0.39 is 5.60 Å². The van der Waals surface area contributed by atoms with Crippen LogP contribution in [0.4, 0.5) is 0 Å². The van der Waals surface area contributed by atoms with Crippen LogP contribution >= 0.6 is 0 Å². The fourth-order valence-corrected chi connectivity index (χ4v) is 2.86. The summed E-state index contributed by atoms with van der Waals surface area (Å²) in [5.74, 6) is 0.0361. The van der Waals surface area contributed by atoms with Gasteiger partial charge in [0, 0.05) is 5.92 Å². The molecule has 18 heavy (non-hydrogen) atoms. The Kier molecular flexibility index (Phi) is 2.40. The van der Waals surface area contributed by atoms with Crippen molar-refractivity contribution < 1.29 is 9.53 Å². The molecule has 1 fully saturated rings. The molecule has 0 radical (unpaired) electrons. The molecule has 3 rings (SSSR count). The van der Waals surface area contributed by atoms with Gasteiger partial charge >= 0.3 is 5.97 Å². The van der Waals surface area contributed by atoms with E-state index in [4.69, 9.17) is 4.74 Å². The highest BCUT2D eigenvalue weighted by Gasteiger charge is 2.42. The van der Waals surface area contributed by atoms with Gasteiger partial charge in [-0.3, -0.25) is 4.79 Å². The molecule has 0 aromatic heterocycles. The minimum atomic E-state index is -0.415. The number of carbonyl (C=O) groups is 1. The second kappa shape index (κ2) is 3.84. The third-order valence-corrected chi connectivity index (χ3v) is 3.79. The molecule has 0 spiro atoms. The van der Waals surface area contributed by atoms with Crippen molar-refractivity contribution in [3.63, 3.8) is 0 Å². The van der Waals surface area contributed by atoms with Crippen molar-refractivity contribution in [3.05, 3.63) is 48.0 Å². The summed E-state index contributed by atoms with van der Waals surface area (Å²) < 4.78 is 5.43. The lowest BCUT2D eigenvalue weighted by Gasteiger charge is -2.26. The topological polar surface area (TPSA) is 26.3 Å². The Labute approximate surface area is 107 Å². The summed E-state index contributed by atoms with van der Waals surface area (Å²) in [6.07, 6.45) is 0.473. The highest BCUT2D eigenvalue weighted by atomic mass is 16.6. The average molecular weight is 240 g/mol. The monoisotopic (exact) mass is 240 g/mol. The third-order valence-electron chi connectivity index (χ3n) is 3.79. The minimum Gasteiger partial charge on any atom is -0.459 e. The number of hydrogen-bond donors (Lipinski definition) is 0. The maximum Gasteiger partial charge on any atom is 0.307 e. The molecule has 0 aliphatic carbocycles. The van der Waals surface area contributed by atoms with E-state index in [9.17, 15) is 4.79 Å². The largest absolute Gasteiger partial charge is 0.459 e. The van der Waals surface area contributed by atoms with Gasteiger partial charge in [-0.2, -0.15) is 0 Å². The third kappa shape index (κ3) is 1.69. The number of rotatable bonds is 1. The van der Waals surface area contributed by atoms with Gasteiger partial charge < -0.3 is 4.74 Å². The van der Waals surface area contributed by atoms with E-state index in [0.717, 1.165) is 0 Å². The maximum absolute atomic E-state index is 11.6. The number of cyclic esters (lactones) is 1. The van der Waals surface area contributed by atoms with Gasteiger partial charge in [0.25, 0.3) is 0 Å². The zero-order chi connectivity index (χ0) is 12.8. The Balaban J connectivity index is 2.18. The van der Waals surface area contributed by atoms with Crippen LogP contribution in [0, 0.1) is 0 Å². The van der Waals surface area contributed by atoms with E-state index in [0.29, 0.717) is 6.42 Å². The van der Waals surface area contributed by atoms with Gasteiger partial charge in [-0.25, -0.2) is 0 Å². The fourth-order valence-electron chi connectivity index (χ4n) is 2.86. The summed E-state index contributed by atoms with van der Waals surface area (Å²) in [6.45, 7) is 3.98. The Morgan fingerprint density at radius 2 is 1.83 bits per heavy atom. The standard InChI is InChI=1S/C16H16O2/c1-16(2)14(10-15(17)18-16)13-9-5-7-11-6-3-4-8-12(11)13/h3-9,14H,10H2,1-2H3/t14-/m1/s1. The van der Waals surface area contributed by atoms with Crippen LogP contribution in [0.2, 0.25) is 0 Å². The first-order valence-corrected chi connectivity index (χ1v) is 6.27. The van der Waals surface area contributed by atoms with E-state index in [1.165, 1.54) is 16.3 Å². The predicted molar refractivity (Wildman–Crippen MR) is 71.5 cm³/mol. The number of carbonyl (C=O) groups excluding carboxylic acids is 1. The summed E-state index contributed by atoms with van der Waals surface area (Å²) in [5.41, 5.74) is 0.797. The molecule has 1 aliphatic heterocycles. The molecule has 0 unspecified atom stereocenters. The predicted octanol–water partition coefficient (Wildman–Crippen LogP) is 3.65. The van der Waals surface area contributed by atoms with Crippen LogP contribution in [-0.2, 0) is 9.53 Å². The highest BCUT2D eigenvalue weighted by Crippen LogP contribution is 2.42. The number of ether oxygens (including phenoxy) is 1. The van der Waals surface area contributed by atoms with Crippen LogP contribution in [0.3, 0.4) is 0 Å². The second-order valence-corrected chi connectivity index (χ2v) is 5.40. The van der Waals surface area contributed by atoms with Crippen LogP contribution in [0.25, 0.3) is 10.8 Å². The van der Waals surface area contributed by atoms with E-state index in [2.05, 4.69) is 30.3 Å². The Hall–Kier alpha value is -1.83. The molecule has 2 nitrogen and oxygen atoms in total. The van der Waals surface area contributed by atoms with Crippen molar-refractivity contribution >= 4 is 16.7 Å². The van der Waals surface area contributed by atoms with Crippen molar-refractivity contribution in [2.24, 2.45) is 0 Å². The number of benzene rings is 2. The normalized spacial score (nSPS) is 22.1. The summed E-state index contributed by atoms with van der Waals surface area (Å²) in [5, 5.41) is 2.43. The van der Waals surface area contributed by atoms with Crippen molar-refractivity contribution in [1.29, 1.82) is 0 Å². The zero-order valence-corrected chi connectivity index (χ0v) is 10.6. The van der Waals surface area contributed by atoms with Crippen LogP contribution < -0.4 is 0 Å². The molecular formula is C16H16O2. The van der Waals surface area contributed by atoms with Gasteiger partial charge in [0.1, 0.15) is 5.60 Å². The van der Waals surface area contributed by atoms with Crippen molar-refractivity contribution in [2.45, 2.75) is 31.8 Å². The number of fused-ring (bicyclic) bond motifs is 1. The van der Waals surface area contributed by atoms with Crippen molar-refractivity contribution in [3.8, 4) is 0 Å². The fraction of sp³-hybridized carbons (Fsp3) is 0.312. The van der Waals surface area contributed by atoms with E-state index in [1.54, 1.807) is 0 Å². The molecule has 2 aromatic rings. The van der Waals surface area contributed by atoms with E-state index in [1.807, 2.05) is 26.0 Å².